The molecule has 0 unspecified atom stereocenters. The van der Waals surface area contributed by atoms with Crippen LogP contribution in [0, 0.1) is 12.8 Å². The molecule has 0 aromatic heterocycles. The highest BCUT2D eigenvalue weighted by Gasteiger charge is 2.43. The van der Waals surface area contributed by atoms with Gasteiger partial charge in [-0.05, 0) is 75.0 Å². The van der Waals surface area contributed by atoms with Crippen LogP contribution in [0.2, 0.25) is 0 Å². The molecule has 2 amide bonds. The summed E-state index contributed by atoms with van der Waals surface area (Å²) in [7, 11) is 3.22. The van der Waals surface area contributed by atoms with E-state index in [-0.39, 0.29) is 11.8 Å². The summed E-state index contributed by atoms with van der Waals surface area (Å²) in [5, 5.41) is 18.4. The van der Waals surface area contributed by atoms with Crippen LogP contribution in [0.5, 0.6) is 11.5 Å². The van der Waals surface area contributed by atoms with E-state index in [1.54, 1.807) is 0 Å². The molecule has 0 saturated carbocycles. The molecule has 2 atom stereocenters. The van der Waals surface area contributed by atoms with Gasteiger partial charge in [-0.3, -0.25) is 4.79 Å². The second kappa shape index (κ2) is 14.1. The Balaban J connectivity index is 1.61. The molecule has 1 fully saturated rings. The number of aryl methyl sites for hydroxylation is 1. The van der Waals surface area contributed by atoms with Crippen molar-refractivity contribution in [3.05, 3.63) is 95.1 Å². The van der Waals surface area contributed by atoms with Crippen LogP contribution in [-0.4, -0.2) is 55.8 Å². The van der Waals surface area contributed by atoms with Gasteiger partial charge in [0.1, 0.15) is 11.5 Å². The number of piperidine rings is 1. The number of aliphatic hydroxyl groups is 1. The third-order valence-corrected chi connectivity index (χ3v) is 7.82. The zero-order chi connectivity index (χ0) is 29.2. The molecule has 218 valence electrons. The number of hydrogen-bond donors (Lipinski definition) is 3. The molecule has 4 rings (SSSR count). The summed E-state index contributed by atoms with van der Waals surface area (Å²) < 4.78 is 11.1. The summed E-state index contributed by atoms with van der Waals surface area (Å²) in [6.07, 6.45) is 1.91. The first-order valence-corrected chi connectivity index (χ1v) is 14.3. The van der Waals surface area contributed by atoms with Gasteiger partial charge in [-0.2, -0.15) is 0 Å². The van der Waals surface area contributed by atoms with Gasteiger partial charge in [-0.25, -0.2) is 4.79 Å². The number of carbonyl (C=O) groups is 2. The quantitative estimate of drug-likeness (QED) is 0.273. The zero-order valence-electron chi connectivity index (χ0n) is 24.2. The standard InChI is InChI=1S/C33H41N3O5/c1-24-10-4-6-13-29(24)41-30-14-7-5-12-28(30)33(39,19-9-20-35-32(38)40-3)27-11-8-21-36(23-27)31(37)26-17-15-25(16-18-26)22-34-2/h4-7,10,12-18,27,34,39H,8-9,11,19-23H2,1-3H3,(H,35,38)/t27-,33+/m1/s1. The number of nitrogens with zero attached hydrogens (tertiary/aromatic N) is 1. The van der Waals surface area contributed by atoms with Gasteiger partial charge in [0.05, 0.1) is 12.7 Å². The van der Waals surface area contributed by atoms with Crippen LogP contribution in [0.1, 0.15) is 52.7 Å². The Labute approximate surface area is 242 Å². The van der Waals surface area contributed by atoms with E-state index in [0.717, 1.165) is 36.3 Å². The molecule has 41 heavy (non-hydrogen) atoms. The normalized spacial score (nSPS) is 16.5. The van der Waals surface area contributed by atoms with Crippen molar-refractivity contribution in [3.8, 4) is 11.5 Å². The molecular weight excluding hydrogens is 518 g/mol. The highest BCUT2D eigenvalue weighted by atomic mass is 16.5. The van der Waals surface area contributed by atoms with Crippen LogP contribution in [0.25, 0.3) is 0 Å². The van der Waals surface area contributed by atoms with E-state index in [4.69, 9.17) is 9.47 Å². The van der Waals surface area contributed by atoms with E-state index in [0.29, 0.717) is 49.4 Å². The van der Waals surface area contributed by atoms with Gasteiger partial charge in [0.2, 0.25) is 0 Å². The molecular formula is C33H41N3O5. The maximum atomic E-state index is 13.5. The number of carbonyl (C=O) groups excluding carboxylic acids is 2. The summed E-state index contributed by atoms with van der Waals surface area (Å²) in [6, 6.07) is 23.0. The first-order valence-electron chi connectivity index (χ1n) is 14.3. The molecule has 8 heteroatoms. The van der Waals surface area contributed by atoms with Crippen LogP contribution >= 0.6 is 0 Å². The SMILES string of the molecule is CNCc1ccc(C(=O)N2CCC[C@@H]([C@@](O)(CCCNC(=O)OC)c3ccccc3Oc3ccccc3C)C2)cc1. The summed E-state index contributed by atoms with van der Waals surface area (Å²) in [6.45, 7) is 4.12. The van der Waals surface area contributed by atoms with Gasteiger partial charge in [0, 0.05) is 43.2 Å². The predicted molar refractivity (Wildman–Crippen MR) is 159 cm³/mol. The largest absolute Gasteiger partial charge is 0.457 e. The van der Waals surface area contributed by atoms with Crippen LogP contribution in [0.15, 0.2) is 72.8 Å². The van der Waals surface area contributed by atoms with Crippen molar-refractivity contribution in [2.24, 2.45) is 5.92 Å². The van der Waals surface area contributed by atoms with Crippen molar-refractivity contribution in [1.82, 2.24) is 15.5 Å². The molecule has 3 N–H and O–H groups in total. The average Bonchev–Trinajstić information content (AvgIpc) is 3.00. The molecule has 0 radical (unpaired) electrons. The van der Waals surface area contributed by atoms with Crippen molar-refractivity contribution < 1.29 is 24.2 Å². The molecule has 1 aliphatic rings. The number of nitrogens with one attached hydrogen (secondary N) is 2. The third kappa shape index (κ3) is 7.45. The van der Waals surface area contributed by atoms with Gasteiger partial charge >= 0.3 is 6.09 Å². The Morgan fingerprint density at radius 1 is 1.02 bits per heavy atom. The van der Waals surface area contributed by atoms with E-state index in [2.05, 4.69) is 10.6 Å². The van der Waals surface area contributed by atoms with E-state index in [9.17, 15) is 14.7 Å². The van der Waals surface area contributed by atoms with Crippen molar-refractivity contribution in [2.45, 2.75) is 44.8 Å². The highest BCUT2D eigenvalue weighted by molar-refractivity contribution is 5.94. The minimum absolute atomic E-state index is 0.0372. The molecule has 1 heterocycles. The van der Waals surface area contributed by atoms with Crippen LogP contribution in [0.3, 0.4) is 0 Å². The predicted octanol–water partition coefficient (Wildman–Crippen LogP) is 5.38. The number of alkyl carbamates (subject to hydrolysis) is 1. The van der Waals surface area contributed by atoms with Gasteiger partial charge in [-0.15, -0.1) is 0 Å². The molecule has 0 spiro atoms. The number of hydrogen-bond acceptors (Lipinski definition) is 6. The smallest absolute Gasteiger partial charge is 0.406 e. The molecule has 0 aliphatic carbocycles. The lowest BCUT2D eigenvalue weighted by atomic mass is 9.74. The lowest BCUT2D eigenvalue weighted by Gasteiger charge is -2.43. The van der Waals surface area contributed by atoms with Crippen LogP contribution in [-0.2, 0) is 16.9 Å². The van der Waals surface area contributed by atoms with Crippen molar-refractivity contribution in [2.75, 3.05) is 33.8 Å². The Morgan fingerprint density at radius 2 is 1.73 bits per heavy atom. The number of likely N-dealkylation sites (tertiary alicyclic amines) is 1. The minimum atomic E-state index is -1.30. The van der Waals surface area contributed by atoms with E-state index in [1.165, 1.54) is 7.11 Å². The monoisotopic (exact) mass is 559 g/mol. The van der Waals surface area contributed by atoms with Crippen LogP contribution in [0.4, 0.5) is 4.79 Å². The summed E-state index contributed by atoms with van der Waals surface area (Å²) in [5.74, 6) is 1.03. The molecule has 1 saturated heterocycles. The van der Waals surface area contributed by atoms with E-state index < -0.39 is 11.7 Å². The molecule has 3 aromatic carbocycles. The molecule has 1 aliphatic heterocycles. The van der Waals surface area contributed by atoms with Gasteiger partial charge in [-0.1, -0.05) is 48.5 Å². The third-order valence-electron chi connectivity index (χ3n) is 7.82. The number of rotatable bonds is 11. The summed E-state index contributed by atoms with van der Waals surface area (Å²) >= 11 is 0. The van der Waals surface area contributed by atoms with Crippen molar-refractivity contribution >= 4 is 12.0 Å². The molecule has 0 bridgehead atoms. The fraction of sp³-hybridized carbons (Fsp3) is 0.394. The lowest BCUT2D eigenvalue weighted by molar-refractivity contribution is -0.0578. The Hall–Kier alpha value is -3.88. The Bertz CT molecular complexity index is 1310. The highest BCUT2D eigenvalue weighted by Crippen LogP contribution is 2.44. The first-order chi connectivity index (χ1) is 19.9. The van der Waals surface area contributed by atoms with E-state index in [1.807, 2.05) is 91.7 Å². The molecule has 8 nitrogen and oxygen atoms in total. The van der Waals surface area contributed by atoms with Gasteiger partial charge in [0.25, 0.3) is 5.91 Å². The van der Waals surface area contributed by atoms with E-state index >= 15 is 0 Å². The average molecular weight is 560 g/mol. The Morgan fingerprint density at radius 3 is 2.44 bits per heavy atom. The maximum Gasteiger partial charge on any atom is 0.406 e. The van der Waals surface area contributed by atoms with Crippen molar-refractivity contribution in [3.63, 3.8) is 0 Å². The second-order valence-electron chi connectivity index (χ2n) is 10.6. The van der Waals surface area contributed by atoms with Crippen LogP contribution < -0.4 is 15.4 Å². The summed E-state index contributed by atoms with van der Waals surface area (Å²) in [4.78, 5) is 27.0. The first kappa shape index (κ1) is 30.1. The topological polar surface area (TPSA) is 100 Å². The fourth-order valence-electron chi connectivity index (χ4n) is 5.59. The maximum absolute atomic E-state index is 13.5. The summed E-state index contributed by atoms with van der Waals surface area (Å²) in [5.41, 5.74) is 2.12. The fourth-order valence-corrected chi connectivity index (χ4v) is 5.59. The number of ether oxygens (including phenoxy) is 2. The number of amides is 2. The van der Waals surface area contributed by atoms with Gasteiger partial charge in [0.15, 0.2) is 0 Å². The second-order valence-corrected chi connectivity index (χ2v) is 10.6. The minimum Gasteiger partial charge on any atom is -0.457 e. The molecule has 3 aromatic rings. The van der Waals surface area contributed by atoms with Gasteiger partial charge < -0.3 is 30.1 Å². The number of para-hydroxylation sites is 2. The number of benzene rings is 3. The number of methoxy groups -OCH3 is 1. The lowest BCUT2D eigenvalue weighted by Crippen LogP contribution is -2.48. The zero-order valence-corrected chi connectivity index (χ0v) is 24.2. The Kier molecular flexibility index (Phi) is 10.4. The van der Waals surface area contributed by atoms with Crippen molar-refractivity contribution in [1.29, 1.82) is 0 Å².